The van der Waals surface area contributed by atoms with Crippen molar-refractivity contribution in [1.82, 2.24) is 23.8 Å². The van der Waals surface area contributed by atoms with Gasteiger partial charge in [-0.25, -0.2) is 27.2 Å². The van der Waals surface area contributed by atoms with Crippen LogP contribution in [0.5, 0.6) is 0 Å². The molecule has 1 aliphatic heterocycles. The smallest absolute Gasteiger partial charge is 0.213 e. The summed E-state index contributed by atoms with van der Waals surface area (Å²) >= 11 is 0. The minimum atomic E-state index is -3.46. The van der Waals surface area contributed by atoms with Crippen LogP contribution in [0.4, 0.5) is 8.78 Å². The monoisotopic (exact) mass is 456 g/mol. The third-order valence-electron chi connectivity index (χ3n) is 6.05. The highest BCUT2D eigenvalue weighted by molar-refractivity contribution is 7.89. The van der Waals surface area contributed by atoms with E-state index in [2.05, 4.69) is 21.0 Å². The van der Waals surface area contributed by atoms with E-state index in [0.717, 1.165) is 6.07 Å². The van der Waals surface area contributed by atoms with E-state index in [1.165, 1.54) is 16.7 Å². The average Bonchev–Trinajstić information content (AvgIpc) is 3.35. The second-order valence-corrected chi connectivity index (χ2v) is 10.1. The number of H-pyrrole nitrogens is 1. The van der Waals surface area contributed by atoms with Gasteiger partial charge in [0.25, 0.3) is 0 Å². The molecule has 1 N–H and O–H groups in total. The fourth-order valence-corrected chi connectivity index (χ4v) is 5.66. The molecular weight excluding hydrogens is 438 g/mol. The van der Waals surface area contributed by atoms with Gasteiger partial charge in [-0.1, -0.05) is 0 Å². The first-order valence-electron chi connectivity index (χ1n) is 9.93. The zero-order valence-corrected chi connectivity index (χ0v) is 17.8. The number of aromatic nitrogens is 4. The molecule has 0 unspecified atom stereocenters. The lowest BCUT2D eigenvalue weighted by Gasteiger charge is -2.49. The number of nitrogens with zero attached hydrogens (tertiary/aromatic N) is 5. The van der Waals surface area contributed by atoms with Crippen LogP contribution in [0.25, 0.3) is 33.2 Å². The van der Waals surface area contributed by atoms with E-state index >= 15 is 4.39 Å². The van der Waals surface area contributed by atoms with Crippen molar-refractivity contribution in [3.8, 4) is 17.3 Å². The molecule has 164 valence electrons. The molecule has 0 atom stereocenters. The van der Waals surface area contributed by atoms with Gasteiger partial charge in [-0.2, -0.15) is 9.57 Å². The maximum absolute atomic E-state index is 15.1. The molecule has 5 rings (SSSR count). The molecule has 0 radical (unpaired) electrons. The second-order valence-electron chi connectivity index (χ2n) is 7.88. The number of fused-ring (bicyclic) bond motifs is 2. The van der Waals surface area contributed by atoms with Crippen LogP contribution in [0.15, 0.2) is 36.9 Å². The van der Waals surface area contributed by atoms with E-state index in [1.807, 2.05) is 0 Å². The largest absolute Gasteiger partial charge is 0.346 e. The molecular formula is C21H18F2N6O2S. The Morgan fingerprint density at radius 3 is 2.78 bits per heavy atom. The molecule has 0 aliphatic carbocycles. The van der Waals surface area contributed by atoms with E-state index in [9.17, 15) is 18.1 Å². The molecule has 0 spiro atoms. The van der Waals surface area contributed by atoms with Crippen LogP contribution in [0, 0.1) is 23.0 Å². The Morgan fingerprint density at radius 1 is 1.28 bits per heavy atom. The molecule has 8 nitrogen and oxygen atoms in total. The van der Waals surface area contributed by atoms with Crippen LogP contribution in [-0.4, -0.2) is 51.1 Å². The van der Waals surface area contributed by atoms with E-state index in [-0.39, 0.29) is 36.2 Å². The molecule has 3 aromatic heterocycles. The van der Waals surface area contributed by atoms with Crippen molar-refractivity contribution in [2.45, 2.75) is 18.9 Å². The molecule has 4 heterocycles. The highest BCUT2D eigenvalue weighted by atomic mass is 32.2. The topological polar surface area (TPSA) is 108 Å². The quantitative estimate of drug-likeness (QED) is 0.496. The standard InChI is InChI=1S/C21H18F2N6O2S/c1-2-32(30,31)28-10-21(11-28,4-5-24)29-9-15(18-16(23)7-13(22)8-17(18)29)19-14-3-6-25-20(14)27-12-26-19/h3,6-9,12H,2,4,10-11H2,1H3,(H,25,26,27). The maximum atomic E-state index is 15.1. The van der Waals surface area contributed by atoms with Gasteiger partial charge in [0.1, 0.15) is 23.6 Å². The lowest BCUT2D eigenvalue weighted by Crippen LogP contribution is -2.64. The van der Waals surface area contributed by atoms with Crippen LogP contribution < -0.4 is 0 Å². The van der Waals surface area contributed by atoms with Crippen molar-refractivity contribution in [2.24, 2.45) is 0 Å². The van der Waals surface area contributed by atoms with E-state index < -0.39 is 27.2 Å². The zero-order valence-electron chi connectivity index (χ0n) is 17.0. The van der Waals surface area contributed by atoms with Crippen LogP contribution in [-0.2, 0) is 15.6 Å². The molecule has 1 fully saturated rings. The number of sulfonamides is 1. The van der Waals surface area contributed by atoms with Gasteiger partial charge in [-0.3, -0.25) is 0 Å². The van der Waals surface area contributed by atoms with Gasteiger partial charge >= 0.3 is 0 Å². The van der Waals surface area contributed by atoms with Crippen LogP contribution in [0.2, 0.25) is 0 Å². The fourth-order valence-electron chi connectivity index (χ4n) is 4.42. The van der Waals surface area contributed by atoms with Gasteiger partial charge in [0.15, 0.2) is 0 Å². The highest BCUT2D eigenvalue weighted by Gasteiger charge is 2.49. The summed E-state index contributed by atoms with van der Waals surface area (Å²) in [7, 11) is -3.46. The molecule has 1 aliphatic rings. The van der Waals surface area contributed by atoms with Crippen molar-refractivity contribution < 1.29 is 17.2 Å². The lowest BCUT2D eigenvalue weighted by molar-refractivity contribution is 0.0892. The number of rotatable bonds is 5. The Balaban J connectivity index is 1.76. The third kappa shape index (κ3) is 2.91. The van der Waals surface area contributed by atoms with Crippen molar-refractivity contribution in [2.75, 3.05) is 18.8 Å². The first-order chi connectivity index (χ1) is 15.3. The number of nitriles is 1. The molecule has 0 saturated carbocycles. The summed E-state index contributed by atoms with van der Waals surface area (Å²) in [5, 5.41) is 10.3. The maximum Gasteiger partial charge on any atom is 0.213 e. The molecule has 1 saturated heterocycles. The predicted molar refractivity (Wildman–Crippen MR) is 114 cm³/mol. The van der Waals surface area contributed by atoms with Crippen LogP contribution >= 0.6 is 0 Å². The van der Waals surface area contributed by atoms with Crippen LogP contribution in [0.1, 0.15) is 13.3 Å². The van der Waals surface area contributed by atoms with E-state index in [1.54, 1.807) is 30.0 Å². The van der Waals surface area contributed by atoms with Gasteiger partial charge in [-0.15, -0.1) is 0 Å². The predicted octanol–water partition coefficient (Wildman–Crippen LogP) is 3.13. The number of hydrogen-bond donors (Lipinski definition) is 1. The molecule has 4 aromatic rings. The first-order valence-corrected chi connectivity index (χ1v) is 11.5. The Morgan fingerprint density at radius 2 is 2.06 bits per heavy atom. The molecule has 0 bridgehead atoms. The summed E-state index contributed by atoms with van der Waals surface area (Å²) in [6.07, 6.45) is 4.65. The van der Waals surface area contributed by atoms with Gasteiger partial charge in [0.05, 0.1) is 35.0 Å². The van der Waals surface area contributed by atoms with Crippen molar-refractivity contribution in [3.63, 3.8) is 0 Å². The first kappa shape index (κ1) is 20.5. The van der Waals surface area contributed by atoms with Crippen molar-refractivity contribution in [1.29, 1.82) is 5.26 Å². The van der Waals surface area contributed by atoms with E-state index in [4.69, 9.17) is 0 Å². The van der Waals surface area contributed by atoms with Crippen LogP contribution in [0.3, 0.4) is 0 Å². The SMILES string of the molecule is CCS(=O)(=O)N1CC(CC#N)(n2cc(-c3ncnc4[nH]ccc34)c3c(F)cc(F)cc32)C1. The third-order valence-corrected chi connectivity index (χ3v) is 7.82. The lowest BCUT2D eigenvalue weighted by atomic mass is 9.88. The zero-order chi connectivity index (χ0) is 22.7. The summed E-state index contributed by atoms with van der Waals surface area (Å²) in [5.41, 5.74) is 0.726. The molecule has 32 heavy (non-hydrogen) atoms. The van der Waals surface area contributed by atoms with E-state index in [0.29, 0.717) is 22.3 Å². The van der Waals surface area contributed by atoms with Gasteiger partial charge in [0.2, 0.25) is 10.0 Å². The van der Waals surface area contributed by atoms with Crippen molar-refractivity contribution >= 4 is 32.0 Å². The Bertz CT molecular complexity index is 1510. The summed E-state index contributed by atoms with van der Waals surface area (Å²) < 4.78 is 56.9. The second kappa shape index (κ2) is 7.08. The number of nitrogens with one attached hydrogen (secondary N) is 1. The number of benzene rings is 1. The fraction of sp³-hybridized carbons (Fsp3) is 0.286. The highest BCUT2D eigenvalue weighted by Crippen LogP contribution is 2.42. The number of halogens is 2. The summed E-state index contributed by atoms with van der Waals surface area (Å²) in [6.45, 7) is 1.63. The minimum absolute atomic E-state index is 0.0204. The Labute approximate surface area is 182 Å². The molecule has 1 aromatic carbocycles. The number of aromatic amines is 1. The molecule has 11 heteroatoms. The minimum Gasteiger partial charge on any atom is -0.346 e. The average molecular weight is 456 g/mol. The Hall–Kier alpha value is -3.36. The van der Waals surface area contributed by atoms with Gasteiger partial charge in [-0.05, 0) is 19.1 Å². The Kier molecular flexibility index (Phi) is 4.54. The molecule has 0 amide bonds. The van der Waals surface area contributed by atoms with Crippen molar-refractivity contribution in [3.05, 3.63) is 48.6 Å². The van der Waals surface area contributed by atoms with Gasteiger partial charge in [0, 0.05) is 47.9 Å². The normalized spacial score (nSPS) is 16.3. The summed E-state index contributed by atoms with van der Waals surface area (Å²) in [5.74, 6) is -1.59. The number of hydrogen-bond acceptors (Lipinski definition) is 5. The summed E-state index contributed by atoms with van der Waals surface area (Å²) in [4.78, 5) is 11.5. The van der Waals surface area contributed by atoms with Gasteiger partial charge < -0.3 is 9.55 Å². The summed E-state index contributed by atoms with van der Waals surface area (Å²) in [6, 6.07) is 5.87.